The van der Waals surface area contributed by atoms with Crippen LogP contribution in [0.2, 0.25) is 0 Å². The number of amides is 1. The summed E-state index contributed by atoms with van der Waals surface area (Å²) in [7, 11) is 1.46. The maximum absolute atomic E-state index is 13.1. The Hall–Kier alpha value is -3.45. The van der Waals surface area contributed by atoms with E-state index in [1.54, 1.807) is 0 Å². The molecule has 11 nitrogen and oxygen atoms in total. The zero-order valence-electron chi connectivity index (χ0n) is 18.9. The minimum atomic E-state index is -0.770. The molecule has 0 atom stereocenters. The van der Waals surface area contributed by atoms with Gasteiger partial charge in [-0.15, -0.1) is 10.2 Å². The van der Waals surface area contributed by atoms with E-state index in [1.807, 2.05) is 13.8 Å². The Morgan fingerprint density at radius 2 is 2.00 bits per heavy atom. The van der Waals surface area contributed by atoms with Gasteiger partial charge in [-0.3, -0.25) is 19.1 Å². The van der Waals surface area contributed by atoms with Crippen LogP contribution in [-0.4, -0.2) is 51.7 Å². The van der Waals surface area contributed by atoms with Crippen LogP contribution in [0, 0.1) is 11.7 Å². The fourth-order valence-electron chi connectivity index (χ4n) is 3.11. The molecule has 0 saturated carbocycles. The highest BCUT2D eigenvalue weighted by Crippen LogP contribution is 2.25. The Balaban J connectivity index is 1.82. The molecule has 182 valence electrons. The van der Waals surface area contributed by atoms with Gasteiger partial charge in [0.15, 0.2) is 5.69 Å². The first-order valence-corrected chi connectivity index (χ1v) is 11.3. The number of nitrogens with one attached hydrogen (secondary N) is 1. The molecule has 0 bridgehead atoms. The van der Waals surface area contributed by atoms with Gasteiger partial charge in [-0.05, 0) is 30.2 Å². The van der Waals surface area contributed by atoms with E-state index in [2.05, 4.69) is 15.2 Å². The molecule has 3 aromatic rings. The third-order valence-corrected chi connectivity index (χ3v) is 5.47. The Labute approximate surface area is 198 Å². The molecular formula is C21H25FN6O5S. The van der Waals surface area contributed by atoms with E-state index in [4.69, 9.17) is 14.9 Å². The first kappa shape index (κ1) is 25.2. The number of nitrogen functional groups attached to an aromatic ring is 1. The van der Waals surface area contributed by atoms with E-state index in [1.165, 1.54) is 40.8 Å². The van der Waals surface area contributed by atoms with Crippen LogP contribution in [0.3, 0.4) is 0 Å². The van der Waals surface area contributed by atoms with Crippen molar-refractivity contribution in [2.24, 2.45) is 5.92 Å². The molecule has 0 aliphatic carbocycles. The van der Waals surface area contributed by atoms with Gasteiger partial charge in [-0.1, -0.05) is 25.6 Å². The minimum absolute atomic E-state index is 0.0354. The van der Waals surface area contributed by atoms with Crippen molar-refractivity contribution in [3.63, 3.8) is 0 Å². The van der Waals surface area contributed by atoms with Gasteiger partial charge in [-0.25, -0.2) is 9.18 Å². The molecule has 0 aliphatic heterocycles. The van der Waals surface area contributed by atoms with Crippen LogP contribution < -0.4 is 21.9 Å². The van der Waals surface area contributed by atoms with Crippen LogP contribution in [0.5, 0.6) is 0 Å². The topological polar surface area (TPSA) is 149 Å². The maximum Gasteiger partial charge on any atom is 0.330 e. The molecule has 0 spiro atoms. The summed E-state index contributed by atoms with van der Waals surface area (Å²) in [4.78, 5) is 41.3. The zero-order chi connectivity index (χ0) is 24.8. The van der Waals surface area contributed by atoms with Gasteiger partial charge in [0, 0.05) is 25.8 Å². The molecule has 34 heavy (non-hydrogen) atoms. The molecule has 1 aromatic carbocycles. The first-order chi connectivity index (χ1) is 16.2. The highest BCUT2D eigenvalue weighted by atomic mass is 32.2. The first-order valence-electron chi connectivity index (χ1n) is 10.3. The van der Waals surface area contributed by atoms with Crippen molar-refractivity contribution in [3.8, 4) is 11.5 Å². The van der Waals surface area contributed by atoms with Crippen LogP contribution in [-0.2, 0) is 16.1 Å². The molecular weight excluding hydrogens is 467 g/mol. The van der Waals surface area contributed by atoms with Gasteiger partial charge < -0.3 is 19.8 Å². The Bertz CT molecular complexity index is 1250. The van der Waals surface area contributed by atoms with Gasteiger partial charge in [-0.2, -0.15) is 0 Å². The van der Waals surface area contributed by atoms with Crippen LogP contribution in [0.25, 0.3) is 11.5 Å². The summed E-state index contributed by atoms with van der Waals surface area (Å²) in [6.45, 7) is 4.22. The second-order valence-electron chi connectivity index (χ2n) is 7.70. The predicted molar refractivity (Wildman–Crippen MR) is 125 cm³/mol. The quantitative estimate of drug-likeness (QED) is 0.403. The Morgan fingerprint density at radius 1 is 1.29 bits per heavy atom. The number of benzene rings is 1. The van der Waals surface area contributed by atoms with Gasteiger partial charge in [0.2, 0.25) is 11.8 Å². The van der Waals surface area contributed by atoms with E-state index in [0.717, 1.165) is 11.8 Å². The molecule has 0 fully saturated rings. The fraction of sp³-hybridized carbons (Fsp3) is 0.381. The number of anilines is 2. The minimum Gasteiger partial charge on any atom is -0.411 e. The van der Waals surface area contributed by atoms with E-state index >= 15 is 0 Å². The van der Waals surface area contributed by atoms with E-state index < -0.39 is 23.0 Å². The number of methoxy groups -OCH3 is 1. The number of aromatic amines is 1. The number of thioether (sulfide) groups is 1. The Morgan fingerprint density at radius 3 is 2.65 bits per heavy atom. The van der Waals surface area contributed by atoms with Crippen molar-refractivity contribution in [2.75, 3.05) is 36.6 Å². The molecule has 13 heteroatoms. The number of hydrogen-bond acceptors (Lipinski definition) is 9. The van der Waals surface area contributed by atoms with Crippen LogP contribution in [0.1, 0.15) is 13.8 Å². The lowest BCUT2D eigenvalue weighted by Crippen LogP contribution is -2.43. The largest absolute Gasteiger partial charge is 0.411 e. The summed E-state index contributed by atoms with van der Waals surface area (Å²) in [6.07, 6.45) is 0. The molecule has 3 rings (SSSR count). The second-order valence-corrected chi connectivity index (χ2v) is 8.63. The van der Waals surface area contributed by atoms with Crippen molar-refractivity contribution >= 4 is 29.2 Å². The number of ether oxygens (including phenoxy) is 1. The summed E-state index contributed by atoms with van der Waals surface area (Å²) in [5.41, 5.74) is 5.15. The summed E-state index contributed by atoms with van der Waals surface area (Å²) >= 11 is 0.965. The third kappa shape index (κ3) is 5.91. The molecule has 0 unspecified atom stereocenters. The van der Waals surface area contributed by atoms with Crippen molar-refractivity contribution in [2.45, 2.75) is 25.6 Å². The van der Waals surface area contributed by atoms with Gasteiger partial charge in [0.05, 0.1) is 12.4 Å². The van der Waals surface area contributed by atoms with Gasteiger partial charge >= 0.3 is 5.69 Å². The van der Waals surface area contributed by atoms with Gasteiger partial charge in [0.1, 0.15) is 11.6 Å². The van der Waals surface area contributed by atoms with E-state index in [9.17, 15) is 18.8 Å². The number of carbonyl (C=O) groups is 1. The SMILES string of the molecule is COCCN(C(=O)CSc1nnc(-c2ccc(F)cc2)o1)c1c(N)n(CC(C)C)c(=O)[nH]c1=O. The number of nitrogens with two attached hydrogens (primary N) is 1. The number of halogens is 1. The van der Waals surface area contributed by atoms with Crippen molar-refractivity contribution < 1.29 is 18.3 Å². The van der Waals surface area contributed by atoms with Crippen LogP contribution in [0.15, 0.2) is 43.5 Å². The Kier molecular flexibility index (Phi) is 8.23. The monoisotopic (exact) mass is 492 g/mol. The van der Waals surface area contributed by atoms with Crippen LogP contribution >= 0.6 is 11.8 Å². The number of nitrogens with zero attached hydrogens (tertiary/aromatic N) is 4. The standard InChI is InChI=1S/C21H25FN6O5S/c1-12(2)10-28-17(23)16(18(30)24-20(28)31)27(8-9-32-3)15(29)11-34-21-26-25-19(33-21)13-4-6-14(22)7-5-13/h4-7,12H,8-11,23H2,1-3H3,(H,24,30,31). The summed E-state index contributed by atoms with van der Waals surface area (Å²) in [5.74, 6) is -0.882. The normalized spacial score (nSPS) is 11.2. The number of rotatable bonds is 10. The summed E-state index contributed by atoms with van der Waals surface area (Å²) < 4.78 is 25.0. The average molecular weight is 493 g/mol. The van der Waals surface area contributed by atoms with Crippen LogP contribution in [0.4, 0.5) is 15.9 Å². The second kappa shape index (κ2) is 11.1. The van der Waals surface area contributed by atoms with Gasteiger partial charge in [0.25, 0.3) is 10.8 Å². The summed E-state index contributed by atoms with van der Waals surface area (Å²) in [5, 5.41) is 7.92. The highest BCUT2D eigenvalue weighted by Gasteiger charge is 2.25. The molecule has 2 aromatic heterocycles. The van der Waals surface area contributed by atoms with E-state index in [-0.39, 0.29) is 54.0 Å². The van der Waals surface area contributed by atoms with Crippen molar-refractivity contribution in [3.05, 3.63) is 50.9 Å². The molecule has 3 N–H and O–H groups in total. The zero-order valence-corrected chi connectivity index (χ0v) is 19.7. The predicted octanol–water partition coefficient (Wildman–Crippen LogP) is 1.74. The lowest BCUT2D eigenvalue weighted by molar-refractivity contribution is -0.116. The molecule has 0 radical (unpaired) electrons. The maximum atomic E-state index is 13.1. The third-order valence-electron chi connectivity index (χ3n) is 4.67. The lowest BCUT2D eigenvalue weighted by atomic mass is 10.2. The summed E-state index contributed by atoms with van der Waals surface area (Å²) in [6, 6.07) is 5.53. The molecule has 2 heterocycles. The smallest absolute Gasteiger partial charge is 0.330 e. The lowest BCUT2D eigenvalue weighted by Gasteiger charge is -2.24. The van der Waals surface area contributed by atoms with E-state index in [0.29, 0.717) is 5.56 Å². The highest BCUT2D eigenvalue weighted by molar-refractivity contribution is 7.99. The number of carbonyl (C=O) groups excluding carboxylic acids is 1. The molecule has 1 amide bonds. The van der Waals surface area contributed by atoms with Crippen molar-refractivity contribution in [1.82, 2.24) is 19.7 Å². The molecule has 0 saturated heterocycles. The molecule has 0 aliphatic rings. The fourth-order valence-corrected chi connectivity index (χ4v) is 3.75. The number of aromatic nitrogens is 4. The van der Waals surface area contributed by atoms with Crippen molar-refractivity contribution in [1.29, 1.82) is 0 Å². The average Bonchev–Trinajstić information content (AvgIpc) is 3.26. The number of hydrogen-bond donors (Lipinski definition) is 2. The number of H-pyrrole nitrogens is 1.